The van der Waals surface area contributed by atoms with Gasteiger partial charge in [-0.15, -0.1) is 0 Å². The lowest BCUT2D eigenvalue weighted by atomic mass is 9.65. The summed E-state index contributed by atoms with van der Waals surface area (Å²) < 4.78 is 0. The molecule has 0 N–H and O–H groups in total. The van der Waals surface area contributed by atoms with Crippen molar-refractivity contribution < 1.29 is 14.6 Å². The monoisotopic (exact) mass is 459 g/mol. The van der Waals surface area contributed by atoms with E-state index in [1.165, 1.54) is 0 Å². The molecule has 0 aromatic heterocycles. The number of fused-ring (bicyclic) bond motifs is 1. The molecular weight excluding hydrogens is 434 g/mol. The summed E-state index contributed by atoms with van der Waals surface area (Å²) in [5, 5.41) is 22.8. The van der Waals surface area contributed by atoms with E-state index in [1.54, 1.807) is 4.90 Å². The predicted molar refractivity (Wildman–Crippen MR) is 129 cm³/mol. The third kappa shape index (κ3) is 3.81. The molecule has 1 amide bonds. The first-order valence-corrected chi connectivity index (χ1v) is 10.9. The first kappa shape index (κ1) is 23.1. The van der Waals surface area contributed by atoms with Crippen LogP contribution in [0.5, 0.6) is 0 Å². The summed E-state index contributed by atoms with van der Waals surface area (Å²) in [7, 11) is 0. The van der Waals surface area contributed by atoms with Crippen LogP contribution in [-0.2, 0) is 5.41 Å². The molecule has 0 saturated carbocycles. The molecule has 1 heterocycles. The van der Waals surface area contributed by atoms with E-state index in [4.69, 9.17) is 0 Å². The normalized spacial score (nSPS) is 18.8. The zero-order valence-electron chi connectivity index (χ0n) is 19.4. The molecule has 1 atom stereocenters. The number of aryl methyl sites for hydroxylation is 1. The minimum absolute atomic E-state index is 0.0928. The molecule has 0 radical (unpaired) electrons. The van der Waals surface area contributed by atoms with E-state index in [0.717, 1.165) is 34.9 Å². The van der Waals surface area contributed by atoms with Gasteiger partial charge in [0.15, 0.2) is 0 Å². The molecule has 1 aliphatic heterocycles. The maximum Gasteiger partial charge on any atom is 0.277 e. The summed E-state index contributed by atoms with van der Waals surface area (Å²) >= 11 is 0. The highest BCUT2D eigenvalue weighted by molar-refractivity contribution is 6.08. The first-order chi connectivity index (χ1) is 15.9. The quantitative estimate of drug-likeness (QED) is 0.354. The Morgan fingerprint density at radius 3 is 2.03 bits per heavy atom. The molecule has 1 unspecified atom stereocenters. The van der Waals surface area contributed by atoms with Crippen molar-refractivity contribution in [2.75, 3.05) is 4.90 Å². The zero-order valence-corrected chi connectivity index (χ0v) is 19.4. The number of anilines is 1. The Kier molecular flexibility index (Phi) is 5.47. The molecule has 0 saturated heterocycles. The Labute approximate surface area is 197 Å². The third-order valence-corrected chi connectivity index (χ3v) is 6.57. The minimum atomic E-state index is -0.726. The third-order valence-electron chi connectivity index (χ3n) is 6.57. The average molecular weight is 460 g/mol. The molecule has 8 nitrogen and oxygen atoms in total. The number of hydrogen-bond acceptors (Lipinski definition) is 5. The van der Waals surface area contributed by atoms with Crippen molar-refractivity contribution in [2.24, 2.45) is 0 Å². The Hall–Kier alpha value is -4.07. The fraction of sp³-hybridized carbons (Fsp3) is 0.269. The summed E-state index contributed by atoms with van der Waals surface area (Å²) in [6.07, 6.45) is 0.586. The number of nitrogens with zero attached hydrogens (tertiary/aromatic N) is 3. The highest BCUT2D eigenvalue weighted by Gasteiger charge is 2.48. The number of nitro groups is 2. The predicted octanol–water partition coefficient (Wildman–Crippen LogP) is 5.95. The van der Waals surface area contributed by atoms with Crippen molar-refractivity contribution >= 4 is 23.0 Å². The largest absolute Gasteiger partial charge is 0.302 e. The lowest BCUT2D eigenvalue weighted by Gasteiger charge is -2.51. The van der Waals surface area contributed by atoms with E-state index in [9.17, 15) is 25.0 Å². The molecule has 8 heteroatoms. The van der Waals surface area contributed by atoms with Crippen molar-refractivity contribution in [3.05, 3.63) is 109 Å². The van der Waals surface area contributed by atoms with E-state index < -0.39 is 32.7 Å². The molecule has 0 fully saturated rings. The van der Waals surface area contributed by atoms with Gasteiger partial charge in [-0.1, -0.05) is 49.4 Å². The number of hydrogen-bond donors (Lipinski definition) is 0. The van der Waals surface area contributed by atoms with Gasteiger partial charge in [-0.2, -0.15) is 0 Å². The van der Waals surface area contributed by atoms with Gasteiger partial charge < -0.3 is 4.90 Å². The number of amides is 1. The van der Waals surface area contributed by atoms with Crippen molar-refractivity contribution in [1.29, 1.82) is 0 Å². The van der Waals surface area contributed by atoms with Crippen molar-refractivity contribution in [3.8, 4) is 0 Å². The van der Waals surface area contributed by atoms with E-state index >= 15 is 0 Å². The number of non-ortho nitro benzene ring substituents is 2. The second-order valence-corrected chi connectivity index (χ2v) is 9.60. The van der Waals surface area contributed by atoms with Gasteiger partial charge in [0, 0.05) is 28.8 Å². The van der Waals surface area contributed by atoms with Crippen molar-refractivity contribution in [3.63, 3.8) is 0 Å². The lowest BCUT2D eigenvalue weighted by molar-refractivity contribution is -0.394. The topological polar surface area (TPSA) is 107 Å². The van der Waals surface area contributed by atoms with Gasteiger partial charge in [0.1, 0.15) is 0 Å². The molecule has 4 rings (SSSR count). The van der Waals surface area contributed by atoms with Crippen LogP contribution >= 0.6 is 0 Å². The van der Waals surface area contributed by atoms with Gasteiger partial charge >= 0.3 is 0 Å². The summed E-state index contributed by atoms with van der Waals surface area (Å²) in [4.78, 5) is 36.8. The maximum atomic E-state index is 13.9. The molecule has 3 aromatic rings. The summed E-state index contributed by atoms with van der Waals surface area (Å²) in [6.45, 7) is 7.98. The van der Waals surface area contributed by atoms with Gasteiger partial charge in [-0.3, -0.25) is 25.0 Å². The number of carbonyl (C=O) groups is 1. The van der Waals surface area contributed by atoms with Gasteiger partial charge in [0.25, 0.3) is 17.3 Å². The summed E-state index contributed by atoms with van der Waals surface area (Å²) in [5.41, 5.74) is 1.56. The molecule has 34 heavy (non-hydrogen) atoms. The molecule has 0 bridgehead atoms. The van der Waals surface area contributed by atoms with Crippen LogP contribution in [0.3, 0.4) is 0 Å². The Bertz CT molecular complexity index is 1290. The highest BCUT2D eigenvalue weighted by Crippen LogP contribution is 2.51. The smallest absolute Gasteiger partial charge is 0.277 e. The van der Waals surface area contributed by atoms with Gasteiger partial charge in [0.2, 0.25) is 0 Å². The van der Waals surface area contributed by atoms with Crippen molar-refractivity contribution in [1.82, 2.24) is 0 Å². The highest BCUT2D eigenvalue weighted by atomic mass is 16.6. The summed E-state index contributed by atoms with van der Waals surface area (Å²) in [6, 6.07) is 19.1. The molecular formula is C26H25N3O5. The molecule has 3 aromatic carbocycles. The van der Waals surface area contributed by atoms with Gasteiger partial charge in [0.05, 0.1) is 21.5 Å². The Balaban J connectivity index is 1.93. The van der Waals surface area contributed by atoms with E-state index in [-0.39, 0.29) is 11.0 Å². The molecule has 0 aliphatic carbocycles. The van der Waals surface area contributed by atoms with Crippen LogP contribution < -0.4 is 4.90 Å². The fourth-order valence-electron chi connectivity index (χ4n) is 5.17. The van der Waals surface area contributed by atoms with Crippen LogP contribution in [0.15, 0.2) is 66.7 Å². The number of benzene rings is 3. The average Bonchev–Trinajstić information content (AvgIpc) is 2.78. The number of nitro benzene ring substituents is 2. The lowest BCUT2D eigenvalue weighted by Crippen LogP contribution is -2.56. The zero-order chi connectivity index (χ0) is 24.8. The SMILES string of the molecule is Cc1ccc2c(c1)N(C(=O)c1cc([N+](=O)[O-])cc([N+](=O)[O-])c1)C(C)(C)CC2(C)c1ccccc1. The minimum Gasteiger partial charge on any atom is -0.302 e. The fourth-order valence-corrected chi connectivity index (χ4v) is 5.17. The second-order valence-electron chi connectivity index (χ2n) is 9.60. The number of carbonyl (C=O) groups excluding carboxylic acids is 1. The van der Waals surface area contributed by atoms with E-state index in [0.29, 0.717) is 12.1 Å². The van der Waals surface area contributed by atoms with Crippen LogP contribution in [0.2, 0.25) is 0 Å². The molecule has 0 spiro atoms. The van der Waals surface area contributed by atoms with E-state index in [2.05, 4.69) is 19.1 Å². The van der Waals surface area contributed by atoms with Crippen LogP contribution in [0.4, 0.5) is 17.1 Å². The molecule has 174 valence electrons. The maximum absolute atomic E-state index is 13.9. The number of rotatable bonds is 4. The van der Waals surface area contributed by atoms with Gasteiger partial charge in [-0.25, -0.2) is 0 Å². The van der Waals surface area contributed by atoms with Crippen LogP contribution in [0.25, 0.3) is 0 Å². The summed E-state index contributed by atoms with van der Waals surface area (Å²) in [5.74, 6) is -0.515. The van der Waals surface area contributed by atoms with Crippen molar-refractivity contribution in [2.45, 2.75) is 45.1 Å². The Morgan fingerprint density at radius 1 is 0.882 bits per heavy atom. The molecule has 1 aliphatic rings. The Morgan fingerprint density at radius 2 is 1.47 bits per heavy atom. The standard InChI is InChI=1S/C26H25N3O5/c1-17-10-11-22-23(12-17)27(25(2,3)16-26(22,4)19-8-6-5-7-9-19)24(30)18-13-20(28(31)32)15-21(14-18)29(33)34/h5-15H,16H2,1-4H3. The first-order valence-electron chi connectivity index (χ1n) is 10.9. The van der Waals surface area contributed by atoms with Crippen LogP contribution in [0.1, 0.15) is 54.2 Å². The second kappa shape index (κ2) is 8.06. The van der Waals surface area contributed by atoms with Crippen LogP contribution in [-0.4, -0.2) is 21.3 Å². The van der Waals surface area contributed by atoms with Gasteiger partial charge in [-0.05, 0) is 49.9 Å². The van der Waals surface area contributed by atoms with E-state index in [1.807, 2.05) is 57.2 Å². The van der Waals surface area contributed by atoms with Crippen LogP contribution in [0, 0.1) is 27.2 Å².